The Hall–Kier alpha value is -4.01. The van der Waals surface area contributed by atoms with Crippen molar-refractivity contribution in [3.63, 3.8) is 0 Å². The molecule has 4 aromatic rings. The van der Waals surface area contributed by atoms with Gasteiger partial charge in [-0.1, -0.05) is 68.3 Å². The van der Waals surface area contributed by atoms with E-state index in [4.69, 9.17) is 4.74 Å². The van der Waals surface area contributed by atoms with Crippen LogP contribution < -0.4 is 5.56 Å². The van der Waals surface area contributed by atoms with E-state index in [1.165, 1.54) is 7.11 Å². The molecule has 2 atom stereocenters. The van der Waals surface area contributed by atoms with Crippen molar-refractivity contribution in [2.45, 2.75) is 70.9 Å². The monoisotopic (exact) mass is 514 g/mol. The number of tetrazole rings is 1. The van der Waals surface area contributed by atoms with Crippen molar-refractivity contribution in [1.82, 2.24) is 30.0 Å². The third kappa shape index (κ3) is 4.80. The molecule has 0 amide bonds. The summed E-state index contributed by atoms with van der Waals surface area (Å²) >= 11 is 0. The molecular weight excluding hydrogens is 480 g/mol. The maximum atomic E-state index is 13.8. The van der Waals surface area contributed by atoms with Gasteiger partial charge in [-0.25, -0.2) is 14.6 Å². The van der Waals surface area contributed by atoms with Crippen LogP contribution in [0.2, 0.25) is 0 Å². The Morgan fingerprint density at radius 2 is 1.82 bits per heavy atom. The summed E-state index contributed by atoms with van der Waals surface area (Å²) in [5.74, 6) is 0.331. The van der Waals surface area contributed by atoms with E-state index in [1.807, 2.05) is 28.9 Å². The van der Waals surface area contributed by atoms with E-state index in [0.717, 1.165) is 65.6 Å². The van der Waals surface area contributed by atoms with E-state index in [2.05, 4.69) is 58.7 Å². The first-order chi connectivity index (χ1) is 18.5. The number of aromatic nitrogens is 6. The van der Waals surface area contributed by atoms with E-state index < -0.39 is 6.04 Å². The number of hydrogen-bond acceptors (Lipinski definition) is 6. The van der Waals surface area contributed by atoms with E-state index in [9.17, 15) is 9.59 Å². The predicted molar refractivity (Wildman–Crippen MR) is 145 cm³/mol. The van der Waals surface area contributed by atoms with Crippen molar-refractivity contribution in [2.75, 3.05) is 7.11 Å². The van der Waals surface area contributed by atoms with Crippen molar-refractivity contribution >= 4 is 5.97 Å². The Bertz CT molecular complexity index is 1450. The predicted octanol–water partition coefficient (Wildman–Crippen LogP) is 4.89. The highest BCUT2D eigenvalue weighted by molar-refractivity contribution is 5.80. The van der Waals surface area contributed by atoms with Crippen LogP contribution in [0, 0.1) is 0 Å². The lowest BCUT2D eigenvalue weighted by atomic mass is 9.96. The van der Waals surface area contributed by atoms with Gasteiger partial charge in [0.2, 0.25) is 0 Å². The number of carbonyl (C=O) groups excluding carboxylic acids is 1. The maximum Gasteiger partial charge on any atom is 0.330 e. The van der Waals surface area contributed by atoms with Gasteiger partial charge in [-0.05, 0) is 59.7 Å². The number of nitrogens with one attached hydrogen (secondary N) is 1. The van der Waals surface area contributed by atoms with Crippen LogP contribution in [-0.4, -0.2) is 43.1 Å². The molecule has 9 nitrogen and oxygen atoms in total. The van der Waals surface area contributed by atoms with Gasteiger partial charge in [0.05, 0.1) is 13.2 Å². The van der Waals surface area contributed by atoms with Crippen LogP contribution >= 0.6 is 0 Å². The molecule has 0 radical (unpaired) electrons. The molecule has 2 aromatic carbocycles. The van der Waals surface area contributed by atoms with Gasteiger partial charge in [0, 0.05) is 23.2 Å². The second kappa shape index (κ2) is 11.2. The zero-order valence-electron chi connectivity index (χ0n) is 22.2. The molecule has 0 spiro atoms. The van der Waals surface area contributed by atoms with Gasteiger partial charge in [0.15, 0.2) is 5.82 Å². The Morgan fingerprint density at radius 3 is 2.50 bits per heavy atom. The number of nitrogens with zero attached hydrogens (tertiary/aromatic N) is 5. The summed E-state index contributed by atoms with van der Waals surface area (Å²) < 4.78 is 8.90. The number of ether oxygens (including phenoxy) is 1. The molecule has 9 heteroatoms. The number of hydrogen-bond donors (Lipinski definition) is 1. The standard InChI is InChI=1S/C29H34N6O3/c1-4-5-6-11-25-24(28(36)34-19(2)12-17-26(35(25)34)29(37)38-3)18-20-13-15-21(16-14-20)22-9-7-8-10-23(22)27-30-32-33-31-27/h7-10,13-16,19,26H,4-6,11-12,17-18H2,1-3H3,(H,30,31,32,33). The fourth-order valence-corrected chi connectivity index (χ4v) is 5.58. The number of esters is 1. The van der Waals surface area contributed by atoms with Crippen LogP contribution in [0.4, 0.5) is 0 Å². The molecule has 0 fully saturated rings. The normalized spacial score (nSPS) is 16.8. The van der Waals surface area contributed by atoms with Gasteiger partial charge in [-0.3, -0.25) is 9.48 Å². The van der Waals surface area contributed by atoms with Crippen molar-refractivity contribution in [2.24, 2.45) is 0 Å². The SMILES string of the molecule is CCCCCc1c(Cc2ccc(-c3ccccc3-c3nnn[nH]3)cc2)c(=O)n2n1C(C(=O)OC)CCC2C. The number of carbonyl (C=O) groups is 1. The lowest BCUT2D eigenvalue weighted by Crippen LogP contribution is -2.37. The first kappa shape index (κ1) is 25.6. The zero-order chi connectivity index (χ0) is 26.6. The zero-order valence-corrected chi connectivity index (χ0v) is 22.2. The number of benzene rings is 2. The molecule has 3 heterocycles. The topological polar surface area (TPSA) is 108 Å². The second-order valence-electron chi connectivity index (χ2n) is 10.0. The summed E-state index contributed by atoms with van der Waals surface area (Å²) in [4.78, 5) is 26.5. The number of fused-ring (bicyclic) bond motifs is 1. The maximum absolute atomic E-state index is 13.8. The van der Waals surface area contributed by atoms with Crippen molar-refractivity contribution in [1.29, 1.82) is 0 Å². The number of unbranched alkanes of at least 4 members (excludes halogenated alkanes) is 2. The van der Waals surface area contributed by atoms with E-state index in [-0.39, 0.29) is 17.6 Å². The van der Waals surface area contributed by atoms with Crippen LogP contribution in [0.5, 0.6) is 0 Å². The second-order valence-corrected chi connectivity index (χ2v) is 10.0. The molecule has 1 N–H and O–H groups in total. The van der Waals surface area contributed by atoms with Gasteiger partial charge in [0.1, 0.15) is 6.04 Å². The fourth-order valence-electron chi connectivity index (χ4n) is 5.58. The Labute approximate surface area is 221 Å². The summed E-state index contributed by atoms with van der Waals surface area (Å²) in [6.45, 7) is 4.22. The van der Waals surface area contributed by atoms with Gasteiger partial charge >= 0.3 is 5.97 Å². The summed E-state index contributed by atoms with van der Waals surface area (Å²) in [7, 11) is 1.42. The minimum Gasteiger partial charge on any atom is -0.467 e. The molecule has 38 heavy (non-hydrogen) atoms. The number of aromatic amines is 1. The highest BCUT2D eigenvalue weighted by Gasteiger charge is 2.35. The first-order valence-corrected chi connectivity index (χ1v) is 13.4. The average molecular weight is 515 g/mol. The molecule has 2 aromatic heterocycles. The smallest absolute Gasteiger partial charge is 0.330 e. The molecule has 2 unspecified atom stereocenters. The summed E-state index contributed by atoms with van der Waals surface area (Å²) in [5.41, 5.74) is 5.78. The Balaban J connectivity index is 1.51. The molecule has 5 rings (SSSR count). The first-order valence-electron chi connectivity index (χ1n) is 13.4. The summed E-state index contributed by atoms with van der Waals surface area (Å²) in [5, 5.41) is 14.3. The van der Waals surface area contributed by atoms with E-state index >= 15 is 0 Å². The van der Waals surface area contributed by atoms with Gasteiger partial charge in [0.25, 0.3) is 5.56 Å². The lowest BCUT2D eigenvalue weighted by molar-refractivity contribution is -0.146. The van der Waals surface area contributed by atoms with Crippen LogP contribution in [0.25, 0.3) is 22.5 Å². The molecule has 0 saturated heterocycles. The number of rotatable bonds is 9. The highest BCUT2D eigenvalue weighted by Crippen LogP contribution is 2.33. The molecular formula is C29H34N6O3. The highest BCUT2D eigenvalue weighted by atomic mass is 16.5. The third-order valence-corrected chi connectivity index (χ3v) is 7.56. The van der Waals surface area contributed by atoms with E-state index in [1.54, 1.807) is 4.68 Å². The third-order valence-electron chi connectivity index (χ3n) is 7.56. The van der Waals surface area contributed by atoms with Crippen LogP contribution in [0.1, 0.15) is 74.9 Å². The van der Waals surface area contributed by atoms with E-state index in [0.29, 0.717) is 18.7 Å². The molecule has 0 bridgehead atoms. The number of H-pyrrole nitrogens is 1. The molecule has 198 valence electrons. The average Bonchev–Trinajstić information content (AvgIpc) is 3.57. The molecule has 1 aliphatic heterocycles. The Morgan fingerprint density at radius 1 is 1.05 bits per heavy atom. The van der Waals surface area contributed by atoms with Crippen LogP contribution in [0.3, 0.4) is 0 Å². The van der Waals surface area contributed by atoms with Gasteiger partial charge < -0.3 is 4.74 Å². The minimum absolute atomic E-state index is 0.00448. The van der Waals surface area contributed by atoms with Gasteiger partial charge in [-0.15, -0.1) is 5.10 Å². The number of methoxy groups -OCH3 is 1. The van der Waals surface area contributed by atoms with Crippen molar-refractivity contribution < 1.29 is 9.53 Å². The molecule has 0 aliphatic carbocycles. The lowest BCUT2D eigenvalue weighted by Gasteiger charge is -2.31. The quantitative estimate of drug-likeness (QED) is 0.252. The van der Waals surface area contributed by atoms with Crippen molar-refractivity contribution in [3.8, 4) is 22.5 Å². The van der Waals surface area contributed by atoms with Crippen molar-refractivity contribution in [3.05, 3.63) is 75.7 Å². The summed E-state index contributed by atoms with van der Waals surface area (Å²) in [6, 6.07) is 15.8. The van der Waals surface area contributed by atoms with Gasteiger partial charge in [-0.2, -0.15) is 0 Å². The van der Waals surface area contributed by atoms with Crippen LogP contribution in [0.15, 0.2) is 53.3 Å². The van der Waals surface area contributed by atoms with Crippen LogP contribution in [-0.2, 0) is 22.4 Å². The minimum atomic E-state index is -0.460. The molecule has 1 aliphatic rings. The summed E-state index contributed by atoms with van der Waals surface area (Å²) in [6.07, 6.45) is 5.87. The largest absolute Gasteiger partial charge is 0.467 e. The fraction of sp³-hybridized carbons (Fsp3) is 0.414. The molecule has 0 saturated carbocycles. The Kier molecular flexibility index (Phi) is 7.53.